The summed E-state index contributed by atoms with van der Waals surface area (Å²) in [7, 11) is 0. The quantitative estimate of drug-likeness (QED) is 0.477. The van der Waals surface area contributed by atoms with Crippen LogP contribution in [0.15, 0.2) is 35.3 Å². The highest BCUT2D eigenvalue weighted by molar-refractivity contribution is 5.78. The molecule has 0 amide bonds. The van der Waals surface area contributed by atoms with Crippen molar-refractivity contribution in [3.8, 4) is 0 Å². The maximum absolute atomic E-state index is 13.0. The first-order chi connectivity index (χ1) is 7.99. The van der Waals surface area contributed by atoms with E-state index < -0.39 is 0 Å². The summed E-state index contributed by atoms with van der Waals surface area (Å²) < 4.78 is 13.0. The summed E-state index contributed by atoms with van der Waals surface area (Å²) in [5.74, 6) is 0.168. The number of aliphatic imine (C=N–C) groups is 1. The zero-order valence-electron chi connectivity index (χ0n) is 10.3. The highest BCUT2D eigenvalue weighted by Gasteiger charge is 1.98. The van der Waals surface area contributed by atoms with Crippen LogP contribution in [0.4, 0.5) is 4.39 Å². The van der Waals surface area contributed by atoms with E-state index in [9.17, 15) is 4.39 Å². The van der Waals surface area contributed by atoms with Gasteiger partial charge in [0.1, 0.15) is 5.82 Å². The third-order valence-corrected chi connectivity index (χ3v) is 2.23. The maximum atomic E-state index is 13.0. The Balaban J connectivity index is 2.56. The third kappa shape index (κ3) is 4.68. The minimum atomic E-state index is -0.203. The Morgan fingerprint density at radius 3 is 2.82 bits per heavy atom. The standard InChI is InChI=1S/C13H18FN3/c1-9(2)7-16-13(15)17-8-11-4-5-12(14)10(3)6-11/h4-6H,1,7-8H2,2-3H3,(H3,15,16,17). The second-order valence-electron chi connectivity index (χ2n) is 4.10. The van der Waals surface area contributed by atoms with Gasteiger partial charge < -0.3 is 11.1 Å². The Hall–Kier alpha value is -1.84. The summed E-state index contributed by atoms with van der Waals surface area (Å²) in [6, 6.07) is 4.92. The molecule has 0 fully saturated rings. The van der Waals surface area contributed by atoms with Crippen LogP contribution in [0.25, 0.3) is 0 Å². The van der Waals surface area contributed by atoms with Crippen molar-refractivity contribution in [2.75, 3.05) is 6.54 Å². The molecule has 3 N–H and O–H groups in total. The monoisotopic (exact) mass is 235 g/mol. The van der Waals surface area contributed by atoms with Gasteiger partial charge in [-0.05, 0) is 31.0 Å². The first-order valence-corrected chi connectivity index (χ1v) is 5.42. The highest BCUT2D eigenvalue weighted by Crippen LogP contribution is 2.09. The van der Waals surface area contributed by atoms with Crippen molar-refractivity contribution in [1.29, 1.82) is 0 Å². The minimum Gasteiger partial charge on any atom is -0.370 e. The fraction of sp³-hybridized carbons (Fsp3) is 0.308. The molecule has 17 heavy (non-hydrogen) atoms. The molecule has 0 atom stereocenters. The lowest BCUT2D eigenvalue weighted by Crippen LogP contribution is -2.32. The van der Waals surface area contributed by atoms with E-state index in [-0.39, 0.29) is 5.82 Å². The van der Waals surface area contributed by atoms with Crippen molar-refractivity contribution < 1.29 is 4.39 Å². The second-order valence-corrected chi connectivity index (χ2v) is 4.10. The van der Waals surface area contributed by atoms with Gasteiger partial charge in [0, 0.05) is 6.54 Å². The van der Waals surface area contributed by atoms with E-state index >= 15 is 0 Å². The van der Waals surface area contributed by atoms with E-state index in [4.69, 9.17) is 5.73 Å². The lowest BCUT2D eigenvalue weighted by Gasteiger charge is -2.05. The van der Waals surface area contributed by atoms with Crippen LogP contribution in [0.5, 0.6) is 0 Å². The highest BCUT2D eigenvalue weighted by atomic mass is 19.1. The number of aryl methyl sites for hydroxylation is 1. The molecule has 0 aliphatic heterocycles. The van der Waals surface area contributed by atoms with Crippen molar-refractivity contribution in [3.05, 3.63) is 47.3 Å². The fourth-order valence-corrected chi connectivity index (χ4v) is 1.28. The molecule has 0 spiro atoms. The van der Waals surface area contributed by atoms with Crippen molar-refractivity contribution in [3.63, 3.8) is 0 Å². The SMILES string of the molecule is C=C(C)CNC(N)=NCc1ccc(F)c(C)c1. The molecular formula is C13H18FN3. The van der Waals surface area contributed by atoms with Gasteiger partial charge in [-0.2, -0.15) is 0 Å². The summed E-state index contributed by atoms with van der Waals surface area (Å²) in [4.78, 5) is 4.16. The molecule has 0 heterocycles. The number of benzene rings is 1. The predicted molar refractivity (Wildman–Crippen MR) is 69.3 cm³/mol. The number of hydrogen-bond donors (Lipinski definition) is 2. The van der Waals surface area contributed by atoms with E-state index in [0.29, 0.717) is 24.6 Å². The van der Waals surface area contributed by atoms with Gasteiger partial charge in [-0.1, -0.05) is 24.3 Å². The largest absolute Gasteiger partial charge is 0.370 e. The Bertz CT molecular complexity index is 438. The van der Waals surface area contributed by atoms with Gasteiger partial charge in [0.2, 0.25) is 0 Å². The Labute approximate surface area is 101 Å². The first-order valence-electron chi connectivity index (χ1n) is 5.42. The lowest BCUT2D eigenvalue weighted by molar-refractivity contribution is 0.617. The molecule has 0 unspecified atom stereocenters. The van der Waals surface area contributed by atoms with Crippen molar-refractivity contribution >= 4 is 5.96 Å². The zero-order valence-corrected chi connectivity index (χ0v) is 10.3. The van der Waals surface area contributed by atoms with E-state index in [1.807, 2.05) is 6.92 Å². The molecule has 0 saturated carbocycles. The minimum absolute atomic E-state index is 0.203. The Morgan fingerprint density at radius 1 is 1.53 bits per heavy atom. The van der Waals surface area contributed by atoms with Crippen LogP contribution in [0.3, 0.4) is 0 Å². The van der Waals surface area contributed by atoms with Crippen molar-refractivity contribution in [2.24, 2.45) is 10.7 Å². The van der Waals surface area contributed by atoms with Crippen LogP contribution in [0.1, 0.15) is 18.1 Å². The lowest BCUT2D eigenvalue weighted by atomic mass is 10.1. The normalized spacial score (nSPS) is 11.4. The molecule has 0 radical (unpaired) electrons. The van der Waals surface area contributed by atoms with Gasteiger partial charge in [-0.15, -0.1) is 0 Å². The molecule has 4 heteroatoms. The number of nitrogens with one attached hydrogen (secondary N) is 1. The van der Waals surface area contributed by atoms with E-state index in [2.05, 4.69) is 16.9 Å². The topological polar surface area (TPSA) is 50.4 Å². The number of guanidine groups is 1. The van der Waals surface area contributed by atoms with Gasteiger partial charge in [-0.25, -0.2) is 9.38 Å². The van der Waals surface area contributed by atoms with Crippen LogP contribution < -0.4 is 11.1 Å². The molecule has 0 aliphatic rings. The smallest absolute Gasteiger partial charge is 0.189 e. The van der Waals surface area contributed by atoms with Gasteiger partial charge >= 0.3 is 0 Å². The fourth-order valence-electron chi connectivity index (χ4n) is 1.28. The van der Waals surface area contributed by atoms with Gasteiger partial charge in [0.15, 0.2) is 5.96 Å². The van der Waals surface area contributed by atoms with Gasteiger partial charge in [0.05, 0.1) is 6.54 Å². The number of halogens is 1. The summed E-state index contributed by atoms with van der Waals surface area (Å²) in [5.41, 5.74) is 8.20. The number of hydrogen-bond acceptors (Lipinski definition) is 1. The van der Waals surface area contributed by atoms with Crippen molar-refractivity contribution in [2.45, 2.75) is 20.4 Å². The average Bonchev–Trinajstić information content (AvgIpc) is 2.28. The Morgan fingerprint density at radius 2 is 2.24 bits per heavy atom. The van der Waals surface area contributed by atoms with Crippen LogP contribution >= 0.6 is 0 Å². The molecular weight excluding hydrogens is 217 g/mol. The zero-order chi connectivity index (χ0) is 12.8. The van der Waals surface area contributed by atoms with E-state index in [1.165, 1.54) is 6.07 Å². The van der Waals surface area contributed by atoms with E-state index in [1.54, 1.807) is 19.1 Å². The third-order valence-electron chi connectivity index (χ3n) is 2.23. The van der Waals surface area contributed by atoms with Crippen LogP contribution in [-0.4, -0.2) is 12.5 Å². The second kappa shape index (κ2) is 6.03. The number of rotatable bonds is 4. The summed E-state index contributed by atoms with van der Waals surface area (Å²) in [6.45, 7) is 8.44. The molecule has 92 valence electrons. The molecule has 0 aromatic heterocycles. The molecule has 1 aromatic rings. The molecule has 1 aromatic carbocycles. The summed E-state index contributed by atoms with van der Waals surface area (Å²) in [5, 5.41) is 2.93. The molecule has 3 nitrogen and oxygen atoms in total. The summed E-state index contributed by atoms with van der Waals surface area (Å²) >= 11 is 0. The molecule has 1 rings (SSSR count). The van der Waals surface area contributed by atoms with Crippen LogP contribution in [0.2, 0.25) is 0 Å². The molecule has 0 saturated heterocycles. The number of nitrogens with two attached hydrogens (primary N) is 1. The van der Waals surface area contributed by atoms with Crippen molar-refractivity contribution in [1.82, 2.24) is 5.32 Å². The van der Waals surface area contributed by atoms with E-state index in [0.717, 1.165) is 11.1 Å². The number of nitrogens with zero attached hydrogens (tertiary/aromatic N) is 1. The first kappa shape index (κ1) is 13.2. The van der Waals surface area contributed by atoms with Crippen LogP contribution in [0, 0.1) is 12.7 Å². The van der Waals surface area contributed by atoms with Crippen LogP contribution in [-0.2, 0) is 6.54 Å². The average molecular weight is 235 g/mol. The Kier molecular flexibility index (Phi) is 4.69. The summed E-state index contributed by atoms with van der Waals surface area (Å²) in [6.07, 6.45) is 0. The molecule has 0 aliphatic carbocycles. The van der Waals surface area contributed by atoms with Gasteiger partial charge in [-0.3, -0.25) is 0 Å². The maximum Gasteiger partial charge on any atom is 0.189 e. The predicted octanol–water partition coefficient (Wildman–Crippen LogP) is 2.11. The van der Waals surface area contributed by atoms with Gasteiger partial charge in [0.25, 0.3) is 0 Å². The molecule has 0 bridgehead atoms.